The predicted octanol–water partition coefficient (Wildman–Crippen LogP) is 1.26. The lowest BCUT2D eigenvalue weighted by Gasteiger charge is -2.07. The van der Waals surface area contributed by atoms with Gasteiger partial charge in [0.2, 0.25) is 0 Å². The first-order valence-corrected chi connectivity index (χ1v) is 10.9. The Labute approximate surface area is 135 Å². The molecule has 0 bridgehead atoms. The fourth-order valence-corrected chi connectivity index (χ4v) is 3.70. The third kappa shape index (κ3) is 13.4. The third-order valence-corrected chi connectivity index (χ3v) is 5.47. The Balaban J connectivity index is 3.48. The van der Waals surface area contributed by atoms with Gasteiger partial charge in [0, 0.05) is 0 Å². The summed E-state index contributed by atoms with van der Waals surface area (Å²) in [4.78, 5) is 0. The molecule has 0 spiro atoms. The van der Waals surface area contributed by atoms with E-state index >= 15 is 0 Å². The van der Waals surface area contributed by atoms with Crippen molar-refractivity contribution < 1.29 is 25.2 Å². The molecule has 0 aromatic carbocycles. The minimum Gasteiger partial charge on any atom is -0.317 e. The molecule has 0 atom stereocenters. The van der Waals surface area contributed by atoms with E-state index in [1.807, 2.05) is 6.92 Å². The summed E-state index contributed by atoms with van der Waals surface area (Å²) in [6.45, 7) is 5.27. The molecule has 0 aromatic rings. The highest BCUT2D eigenvalue weighted by Gasteiger charge is 2.10. The minimum absolute atomic E-state index is 0.0459. The standard InChI is InChI=1S/C13H29NO6S2/c1-3-5-13-22(17,18)20-11-7-9-14-8-6-10-19-21(15,16)12-4-2/h14H,3-13H2,1-2H3. The van der Waals surface area contributed by atoms with Gasteiger partial charge in [-0.1, -0.05) is 20.3 Å². The summed E-state index contributed by atoms with van der Waals surface area (Å²) < 4.78 is 55.0. The third-order valence-electron chi connectivity index (χ3n) is 2.72. The average Bonchev–Trinajstić information content (AvgIpc) is 2.43. The zero-order valence-electron chi connectivity index (χ0n) is 13.5. The Bertz CT molecular complexity index is 461. The molecule has 0 saturated heterocycles. The average molecular weight is 360 g/mol. The molecule has 0 rings (SSSR count). The number of hydrogen-bond donors (Lipinski definition) is 1. The van der Waals surface area contributed by atoms with Crippen molar-refractivity contribution in [2.24, 2.45) is 0 Å². The molecule has 0 heterocycles. The van der Waals surface area contributed by atoms with Crippen LogP contribution in [0.3, 0.4) is 0 Å². The minimum atomic E-state index is -3.38. The van der Waals surface area contributed by atoms with Crippen LogP contribution in [-0.2, 0) is 28.6 Å². The lowest BCUT2D eigenvalue weighted by atomic mass is 10.4. The second-order valence-corrected chi connectivity index (χ2v) is 8.50. The topological polar surface area (TPSA) is 98.8 Å². The van der Waals surface area contributed by atoms with E-state index in [0.717, 1.165) is 6.42 Å². The smallest absolute Gasteiger partial charge is 0.267 e. The summed E-state index contributed by atoms with van der Waals surface area (Å²) in [5.74, 6) is 0.116. The molecule has 0 fully saturated rings. The summed E-state index contributed by atoms with van der Waals surface area (Å²) in [5, 5.41) is 3.08. The van der Waals surface area contributed by atoms with Gasteiger partial charge in [0.25, 0.3) is 20.2 Å². The molecule has 1 N–H and O–H groups in total. The molecule has 0 unspecified atom stereocenters. The molecule has 0 aliphatic rings. The van der Waals surface area contributed by atoms with Gasteiger partial charge in [0.05, 0.1) is 24.7 Å². The van der Waals surface area contributed by atoms with Gasteiger partial charge < -0.3 is 5.32 Å². The van der Waals surface area contributed by atoms with Crippen LogP contribution < -0.4 is 5.32 Å². The van der Waals surface area contributed by atoms with E-state index < -0.39 is 20.2 Å². The molecular formula is C13H29NO6S2. The molecule has 9 heteroatoms. The molecule has 7 nitrogen and oxygen atoms in total. The lowest BCUT2D eigenvalue weighted by Crippen LogP contribution is -2.21. The van der Waals surface area contributed by atoms with E-state index in [9.17, 15) is 16.8 Å². The zero-order chi connectivity index (χ0) is 16.9. The monoisotopic (exact) mass is 359 g/mol. The molecule has 0 radical (unpaired) electrons. The van der Waals surface area contributed by atoms with Crippen molar-refractivity contribution in [3.63, 3.8) is 0 Å². The van der Waals surface area contributed by atoms with E-state index in [0.29, 0.717) is 38.8 Å². The predicted molar refractivity (Wildman–Crippen MR) is 86.8 cm³/mol. The lowest BCUT2D eigenvalue weighted by molar-refractivity contribution is 0.300. The Kier molecular flexibility index (Phi) is 12.1. The van der Waals surface area contributed by atoms with Crippen LogP contribution in [-0.4, -0.2) is 54.6 Å². The van der Waals surface area contributed by atoms with Crippen molar-refractivity contribution in [1.82, 2.24) is 5.32 Å². The van der Waals surface area contributed by atoms with Gasteiger partial charge >= 0.3 is 0 Å². The Morgan fingerprint density at radius 2 is 1.23 bits per heavy atom. The fourth-order valence-electron chi connectivity index (χ4n) is 1.58. The van der Waals surface area contributed by atoms with Gasteiger partial charge in [-0.15, -0.1) is 0 Å². The van der Waals surface area contributed by atoms with Gasteiger partial charge in [-0.05, 0) is 38.8 Å². The van der Waals surface area contributed by atoms with Gasteiger partial charge in [-0.25, -0.2) is 0 Å². The highest BCUT2D eigenvalue weighted by molar-refractivity contribution is 7.86. The van der Waals surface area contributed by atoms with Gasteiger partial charge in [-0.3, -0.25) is 8.37 Å². The van der Waals surface area contributed by atoms with Crippen LogP contribution in [0.25, 0.3) is 0 Å². The molecule has 0 aliphatic heterocycles. The van der Waals surface area contributed by atoms with Gasteiger partial charge in [0.15, 0.2) is 0 Å². The first-order valence-electron chi connectivity index (χ1n) is 7.78. The van der Waals surface area contributed by atoms with Crippen molar-refractivity contribution in [3.05, 3.63) is 0 Å². The van der Waals surface area contributed by atoms with E-state index in [2.05, 4.69) is 5.32 Å². The maximum Gasteiger partial charge on any atom is 0.267 e. The summed E-state index contributed by atoms with van der Waals surface area (Å²) in [5.41, 5.74) is 0. The van der Waals surface area contributed by atoms with E-state index in [-0.39, 0.29) is 24.7 Å². The van der Waals surface area contributed by atoms with E-state index in [4.69, 9.17) is 8.37 Å². The number of rotatable bonds is 15. The zero-order valence-corrected chi connectivity index (χ0v) is 15.2. The van der Waals surface area contributed by atoms with Crippen LogP contribution >= 0.6 is 0 Å². The SMILES string of the molecule is CCCCS(=O)(=O)OCCCNCCCOS(=O)(=O)CCC. The Morgan fingerprint density at radius 3 is 1.68 bits per heavy atom. The summed E-state index contributed by atoms with van der Waals surface area (Å²) in [6, 6.07) is 0. The van der Waals surface area contributed by atoms with E-state index in [1.54, 1.807) is 6.92 Å². The molecule has 22 heavy (non-hydrogen) atoms. The summed E-state index contributed by atoms with van der Waals surface area (Å²) in [7, 11) is -6.75. The second kappa shape index (κ2) is 12.2. The molecule has 0 aromatic heterocycles. The maximum absolute atomic E-state index is 11.4. The van der Waals surface area contributed by atoms with Crippen LogP contribution in [0.4, 0.5) is 0 Å². The number of hydrogen-bond acceptors (Lipinski definition) is 7. The quantitative estimate of drug-likeness (QED) is 0.347. The molecular weight excluding hydrogens is 330 g/mol. The van der Waals surface area contributed by atoms with Crippen LogP contribution in [0.1, 0.15) is 46.0 Å². The van der Waals surface area contributed by atoms with Crippen molar-refractivity contribution in [2.45, 2.75) is 46.0 Å². The van der Waals surface area contributed by atoms with Crippen LogP contribution in [0.5, 0.6) is 0 Å². The van der Waals surface area contributed by atoms with Crippen LogP contribution in [0.15, 0.2) is 0 Å². The largest absolute Gasteiger partial charge is 0.317 e. The summed E-state index contributed by atoms with van der Waals surface area (Å²) >= 11 is 0. The highest BCUT2D eigenvalue weighted by Crippen LogP contribution is 2.00. The van der Waals surface area contributed by atoms with Gasteiger partial charge in [-0.2, -0.15) is 16.8 Å². The van der Waals surface area contributed by atoms with Crippen molar-refractivity contribution in [2.75, 3.05) is 37.8 Å². The number of unbranched alkanes of at least 4 members (excludes halogenated alkanes) is 1. The first-order chi connectivity index (χ1) is 10.3. The highest BCUT2D eigenvalue weighted by atomic mass is 32.2. The second-order valence-electron chi connectivity index (χ2n) is 4.98. The van der Waals surface area contributed by atoms with Crippen LogP contribution in [0, 0.1) is 0 Å². The van der Waals surface area contributed by atoms with Crippen molar-refractivity contribution >= 4 is 20.2 Å². The van der Waals surface area contributed by atoms with Crippen molar-refractivity contribution in [1.29, 1.82) is 0 Å². The summed E-state index contributed by atoms with van der Waals surface area (Å²) in [6.07, 6.45) is 3.14. The van der Waals surface area contributed by atoms with Crippen LogP contribution in [0.2, 0.25) is 0 Å². The van der Waals surface area contributed by atoms with Gasteiger partial charge in [0.1, 0.15) is 0 Å². The maximum atomic E-state index is 11.4. The fraction of sp³-hybridized carbons (Fsp3) is 1.00. The number of nitrogens with one attached hydrogen (secondary N) is 1. The van der Waals surface area contributed by atoms with E-state index in [1.165, 1.54) is 0 Å². The Morgan fingerprint density at radius 1 is 0.727 bits per heavy atom. The first kappa shape index (κ1) is 21.8. The normalized spacial score (nSPS) is 12.6. The van der Waals surface area contributed by atoms with Crippen molar-refractivity contribution in [3.8, 4) is 0 Å². The Hall–Kier alpha value is -0.220. The molecule has 0 aliphatic carbocycles. The molecule has 134 valence electrons. The molecule has 0 amide bonds. The molecule has 0 saturated carbocycles.